The Bertz CT molecular complexity index is 958. The highest BCUT2D eigenvalue weighted by Gasteiger charge is 2.42. The van der Waals surface area contributed by atoms with Gasteiger partial charge < -0.3 is 14.4 Å². The van der Waals surface area contributed by atoms with E-state index in [1.807, 2.05) is 32.0 Å². The molecule has 29 heavy (non-hydrogen) atoms. The summed E-state index contributed by atoms with van der Waals surface area (Å²) in [6, 6.07) is 11.4. The van der Waals surface area contributed by atoms with Gasteiger partial charge in [-0.25, -0.2) is 0 Å². The van der Waals surface area contributed by atoms with Crippen molar-refractivity contribution in [3.05, 3.63) is 69.3 Å². The molecule has 0 aliphatic carbocycles. The van der Waals surface area contributed by atoms with Crippen molar-refractivity contribution in [3.63, 3.8) is 0 Å². The van der Waals surface area contributed by atoms with Gasteiger partial charge in [0.05, 0.1) is 24.6 Å². The van der Waals surface area contributed by atoms with Gasteiger partial charge in [-0.1, -0.05) is 23.8 Å². The molecule has 1 aliphatic heterocycles. The highest BCUT2D eigenvalue weighted by atomic mass is 16.6. The summed E-state index contributed by atoms with van der Waals surface area (Å²) in [5.74, 6) is -1.10. The molecule has 2 atom stereocenters. The maximum absolute atomic E-state index is 13.0. The van der Waals surface area contributed by atoms with Crippen LogP contribution in [0.5, 0.6) is 5.75 Å². The van der Waals surface area contributed by atoms with E-state index in [2.05, 4.69) is 0 Å². The van der Waals surface area contributed by atoms with Crippen molar-refractivity contribution in [2.24, 2.45) is 5.92 Å². The predicted molar refractivity (Wildman–Crippen MR) is 105 cm³/mol. The molecule has 0 radical (unpaired) electrons. The number of nitro benzene ring substituents is 1. The lowest BCUT2D eigenvalue weighted by molar-refractivity contribution is -0.384. The average molecular weight is 398 g/mol. The number of esters is 1. The second-order valence-electron chi connectivity index (χ2n) is 7.07. The number of carbonyl (C=O) groups excluding carboxylic acids is 2. The Morgan fingerprint density at radius 1 is 1.14 bits per heavy atom. The van der Waals surface area contributed by atoms with Crippen molar-refractivity contribution >= 4 is 17.6 Å². The number of likely N-dealkylation sites (tertiary alicyclic amines) is 1. The number of aryl methyl sites for hydroxylation is 2. The summed E-state index contributed by atoms with van der Waals surface area (Å²) in [5.41, 5.74) is 2.27. The highest BCUT2D eigenvalue weighted by Crippen LogP contribution is 2.28. The highest BCUT2D eigenvalue weighted by molar-refractivity contribution is 5.96. The molecule has 8 nitrogen and oxygen atoms in total. The number of nitrogens with zero attached hydrogens (tertiary/aromatic N) is 2. The standard InChI is InChI=1S/C21H22N2O6/c1-13-7-8-14(2)17(9-13)20(24)22-11-18(21(25)28-3)19(12-22)29-16-6-4-5-15(10-16)23(26)27/h4-10,18-19H,11-12H2,1-3H3/t18-,19-/m0/s1. The molecule has 0 aromatic heterocycles. The summed E-state index contributed by atoms with van der Waals surface area (Å²) < 4.78 is 10.7. The van der Waals surface area contributed by atoms with Crippen LogP contribution in [0.25, 0.3) is 0 Å². The Hall–Kier alpha value is -3.42. The van der Waals surface area contributed by atoms with Crippen LogP contribution in [-0.4, -0.2) is 48.0 Å². The van der Waals surface area contributed by atoms with Crippen molar-refractivity contribution in [1.29, 1.82) is 0 Å². The second kappa shape index (κ2) is 8.30. The van der Waals surface area contributed by atoms with Gasteiger partial charge in [-0.15, -0.1) is 0 Å². The fourth-order valence-electron chi connectivity index (χ4n) is 3.42. The second-order valence-corrected chi connectivity index (χ2v) is 7.07. The number of hydrogen-bond acceptors (Lipinski definition) is 6. The molecule has 2 aromatic rings. The van der Waals surface area contributed by atoms with Crippen molar-refractivity contribution in [2.75, 3.05) is 20.2 Å². The van der Waals surface area contributed by atoms with Crippen LogP contribution in [0.15, 0.2) is 42.5 Å². The Balaban J connectivity index is 1.84. The average Bonchev–Trinajstić information content (AvgIpc) is 3.12. The van der Waals surface area contributed by atoms with Gasteiger partial charge in [-0.2, -0.15) is 0 Å². The van der Waals surface area contributed by atoms with Crippen LogP contribution in [0.2, 0.25) is 0 Å². The normalized spacial score (nSPS) is 18.4. The summed E-state index contributed by atoms with van der Waals surface area (Å²) >= 11 is 0. The van der Waals surface area contributed by atoms with Crippen molar-refractivity contribution < 1.29 is 24.0 Å². The third-order valence-electron chi connectivity index (χ3n) is 5.00. The maximum atomic E-state index is 13.0. The lowest BCUT2D eigenvalue weighted by Crippen LogP contribution is -2.32. The third kappa shape index (κ3) is 4.37. The van der Waals surface area contributed by atoms with Gasteiger partial charge in [0.15, 0.2) is 0 Å². The van der Waals surface area contributed by atoms with E-state index in [0.29, 0.717) is 5.56 Å². The van der Waals surface area contributed by atoms with E-state index < -0.39 is 22.9 Å². The third-order valence-corrected chi connectivity index (χ3v) is 5.00. The van der Waals surface area contributed by atoms with Crippen LogP contribution < -0.4 is 4.74 Å². The summed E-state index contributed by atoms with van der Waals surface area (Å²) in [5, 5.41) is 11.0. The fraction of sp³-hybridized carbons (Fsp3) is 0.333. The Morgan fingerprint density at radius 3 is 2.59 bits per heavy atom. The van der Waals surface area contributed by atoms with Gasteiger partial charge in [0.1, 0.15) is 17.8 Å². The Kier molecular flexibility index (Phi) is 5.81. The largest absolute Gasteiger partial charge is 0.487 e. The van der Waals surface area contributed by atoms with Crippen LogP contribution >= 0.6 is 0 Å². The van der Waals surface area contributed by atoms with E-state index in [4.69, 9.17) is 9.47 Å². The van der Waals surface area contributed by atoms with Crippen LogP contribution in [0.3, 0.4) is 0 Å². The molecule has 1 aliphatic rings. The number of hydrogen-bond donors (Lipinski definition) is 0. The molecule has 1 fully saturated rings. The SMILES string of the molecule is COC(=O)[C@H]1CN(C(=O)c2cc(C)ccc2C)C[C@@H]1Oc1cccc([N+](=O)[O-])c1. The quantitative estimate of drug-likeness (QED) is 0.436. The molecule has 0 saturated carbocycles. The molecule has 0 unspecified atom stereocenters. The number of rotatable bonds is 5. The minimum atomic E-state index is -0.687. The Morgan fingerprint density at radius 2 is 1.90 bits per heavy atom. The van der Waals surface area contributed by atoms with Crippen LogP contribution in [0.4, 0.5) is 5.69 Å². The van der Waals surface area contributed by atoms with Gasteiger partial charge >= 0.3 is 5.97 Å². The first-order chi connectivity index (χ1) is 13.8. The van der Waals surface area contributed by atoms with Gasteiger partial charge in [-0.05, 0) is 31.5 Å². The molecule has 1 saturated heterocycles. The minimum Gasteiger partial charge on any atom is -0.487 e. The van der Waals surface area contributed by atoms with Gasteiger partial charge in [-0.3, -0.25) is 19.7 Å². The summed E-state index contributed by atoms with van der Waals surface area (Å²) in [6.07, 6.45) is -0.668. The zero-order valence-electron chi connectivity index (χ0n) is 16.5. The van der Waals surface area contributed by atoms with Crippen LogP contribution in [0.1, 0.15) is 21.5 Å². The van der Waals surface area contributed by atoms with E-state index in [0.717, 1.165) is 11.1 Å². The molecule has 0 N–H and O–H groups in total. The van der Waals surface area contributed by atoms with Gasteiger partial charge in [0, 0.05) is 18.2 Å². The monoisotopic (exact) mass is 398 g/mol. The first-order valence-electron chi connectivity index (χ1n) is 9.15. The number of nitro groups is 1. The number of carbonyl (C=O) groups is 2. The molecule has 3 rings (SSSR count). The fourth-order valence-corrected chi connectivity index (χ4v) is 3.42. The van der Waals surface area contributed by atoms with Crippen LogP contribution in [-0.2, 0) is 9.53 Å². The van der Waals surface area contributed by atoms with E-state index in [9.17, 15) is 19.7 Å². The maximum Gasteiger partial charge on any atom is 0.314 e. The first kappa shape index (κ1) is 20.3. The zero-order valence-corrected chi connectivity index (χ0v) is 16.5. The molecule has 1 amide bonds. The smallest absolute Gasteiger partial charge is 0.314 e. The number of methoxy groups -OCH3 is 1. The van der Waals surface area contributed by atoms with Gasteiger partial charge in [0.25, 0.3) is 11.6 Å². The number of non-ortho nitro benzene ring substituents is 1. The molecule has 152 valence electrons. The lowest BCUT2D eigenvalue weighted by Gasteiger charge is -2.19. The van der Waals surface area contributed by atoms with Crippen molar-refractivity contribution in [1.82, 2.24) is 4.90 Å². The Labute approximate surface area is 168 Å². The molecule has 8 heteroatoms. The van der Waals surface area contributed by atoms with Crippen molar-refractivity contribution in [2.45, 2.75) is 20.0 Å². The molecule has 0 spiro atoms. The number of benzene rings is 2. The lowest BCUT2D eigenvalue weighted by atomic mass is 10.0. The van der Waals surface area contributed by atoms with E-state index in [1.54, 1.807) is 11.0 Å². The van der Waals surface area contributed by atoms with E-state index in [-0.39, 0.29) is 30.4 Å². The summed E-state index contributed by atoms with van der Waals surface area (Å²) in [6.45, 7) is 4.09. The van der Waals surface area contributed by atoms with Crippen molar-refractivity contribution in [3.8, 4) is 5.75 Å². The van der Waals surface area contributed by atoms with Crippen LogP contribution in [0, 0.1) is 29.9 Å². The zero-order chi connectivity index (χ0) is 21.1. The number of ether oxygens (including phenoxy) is 2. The first-order valence-corrected chi connectivity index (χ1v) is 9.15. The van der Waals surface area contributed by atoms with E-state index in [1.165, 1.54) is 25.3 Å². The number of amides is 1. The minimum absolute atomic E-state index is 0.113. The molecular weight excluding hydrogens is 376 g/mol. The molecule has 1 heterocycles. The summed E-state index contributed by atoms with van der Waals surface area (Å²) in [7, 11) is 1.28. The molecule has 0 bridgehead atoms. The summed E-state index contributed by atoms with van der Waals surface area (Å²) in [4.78, 5) is 37.3. The molecule has 2 aromatic carbocycles. The van der Waals surface area contributed by atoms with Gasteiger partial charge in [0.2, 0.25) is 0 Å². The molecular formula is C21H22N2O6. The predicted octanol–water partition coefficient (Wildman–Crippen LogP) is 2.90. The topological polar surface area (TPSA) is 99.0 Å². The van der Waals surface area contributed by atoms with E-state index >= 15 is 0 Å².